The molecule has 4 heteroatoms. The van der Waals surface area contributed by atoms with E-state index >= 15 is 0 Å². The maximum absolute atomic E-state index is 6.38. The number of hydrogen-bond acceptors (Lipinski definition) is 3. The predicted molar refractivity (Wildman–Crippen MR) is 102 cm³/mol. The largest absolute Gasteiger partial charge is 0.361 e. The molecule has 25 heavy (non-hydrogen) atoms. The molecule has 3 fully saturated rings. The predicted octanol–water partition coefficient (Wildman–Crippen LogP) is 5.34. The second-order valence-corrected chi connectivity index (χ2v) is 10.4. The van der Waals surface area contributed by atoms with E-state index in [2.05, 4.69) is 43.9 Å². The number of alkyl halides is 1. The van der Waals surface area contributed by atoms with Crippen molar-refractivity contribution < 1.29 is 4.52 Å². The second kappa shape index (κ2) is 6.56. The molecule has 3 aliphatic rings. The van der Waals surface area contributed by atoms with Gasteiger partial charge in [0.05, 0.1) is 5.69 Å². The molecular formula is C21H33ClN2O. The van der Waals surface area contributed by atoms with Crippen LogP contribution in [-0.2, 0) is 5.41 Å². The Kier molecular flexibility index (Phi) is 4.69. The first-order valence-electron chi connectivity index (χ1n) is 10.2. The van der Waals surface area contributed by atoms with E-state index in [1.807, 2.05) is 0 Å². The number of rotatable bonds is 2. The molecule has 0 amide bonds. The Bertz CT molecular complexity index is 599. The fourth-order valence-corrected chi connectivity index (χ4v) is 5.95. The number of fused-ring (bicyclic) bond motifs is 2. The van der Waals surface area contributed by atoms with E-state index in [1.165, 1.54) is 44.9 Å². The van der Waals surface area contributed by atoms with Gasteiger partial charge >= 0.3 is 0 Å². The SMILES string of the molecule is CN1C2CC[C@@H]1C[C@H](C1CCC(Cl)CC1)[C@@H]2c1cc(C(C)(C)C)no1. The summed E-state index contributed by atoms with van der Waals surface area (Å²) in [4.78, 5) is 2.63. The first-order chi connectivity index (χ1) is 11.8. The van der Waals surface area contributed by atoms with Crippen molar-refractivity contribution in [3.05, 3.63) is 17.5 Å². The molecule has 0 aromatic carbocycles. The lowest BCUT2D eigenvalue weighted by Crippen LogP contribution is -2.47. The molecule has 0 N–H and O–H groups in total. The molecule has 2 bridgehead atoms. The Balaban J connectivity index is 1.64. The zero-order chi connectivity index (χ0) is 17.8. The first-order valence-corrected chi connectivity index (χ1v) is 10.6. The van der Waals surface area contributed by atoms with Gasteiger partial charge in [-0.3, -0.25) is 4.90 Å². The average molecular weight is 365 g/mol. The number of nitrogens with zero attached hydrogens (tertiary/aromatic N) is 2. The molecule has 3 nitrogen and oxygen atoms in total. The van der Waals surface area contributed by atoms with Crippen molar-refractivity contribution in [1.82, 2.24) is 10.1 Å². The van der Waals surface area contributed by atoms with Crippen molar-refractivity contribution in [2.75, 3.05) is 7.05 Å². The Morgan fingerprint density at radius 1 is 1.12 bits per heavy atom. The summed E-state index contributed by atoms with van der Waals surface area (Å²) < 4.78 is 5.97. The van der Waals surface area contributed by atoms with Gasteiger partial charge in [0.1, 0.15) is 5.76 Å². The van der Waals surface area contributed by atoms with E-state index in [0.717, 1.165) is 29.3 Å². The molecule has 1 aromatic heterocycles. The van der Waals surface area contributed by atoms with Crippen LogP contribution in [-0.4, -0.2) is 34.6 Å². The van der Waals surface area contributed by atoms with Crippen LogP contribution < -0.4 is 0 Å². The number of hydrogen-bond donors (Lipinski definition) is 0. The number of likely N-dealkylation sites (N-methyl/N-ethyl adjacent to an activating group) is 1. The summed E-state index contributed by atoms with van der Waals surface area (Å²) in [7, 11) is 2.32. The molecule has 140 valence electrons. The maximum Gasteiger partial charge on any atom is 0.141 e. The van der Waals surface area contributed by atoms with Crippen LogP contribution >= 0.6 is 11.6 Å². The summed E-state index contributed by atoms with van der Waals surface area (Å²) in [6.07, 6.45) is 8.92. The highest BCUT2D eigenvalue weighted by Gasteiger charge is 2.50. The van der Waals surface area contributed by atoms with Crippen molar-refractivity contribution in [2.24, 2.45) is 11.8 Å². The standard InChI is InChI=1S/C21H33ClN2O/c1-21(2,3)19-12-18(25-23-19)20-16(13-5-7-14(22)8-6-13)11-15-9-10-17(20)24(15)4/h12-17,20H,5-11H2,1-4H3/t13?,14?,15-,16-,17?,20+/m1/s1. The first kappa shape index (κ1) is 17.9. The van der Waals surface area contributed by atoms with Crippen LogP contribution in [0.2, 0.25) is 0 Å². The van der Waals surface area contributed by atoms with E-state index in [1.54, 1.807) is 0 Å². The van der Waals surface area contributed by atoms with Crippen molar-refractivity contribution in [1.29, 1.82) is 0 Å². The van der Waals surface area contributed by atoms with Gasteiger partial charge in [-0.15, -0.1) is 11.6 Å². The highest BCUT2D eigenvalue weighted by molar-refractivity contribution is 6.20. The summed E-state index contributed by atoms with van der Waals surface area (Å²) in [6.45, 7) is 6.64. The molecule has 4 atom stereocenters. The normalized spacial score (nSPS) is 39.7. The van der Waals surface area contributed by atoms with Crippen molar-refractivity contribution in [3.8, 4) is 0 Å². The van der Waals surface area contributed by atoms with Crippen LogP contribution in [0.5, 0.6) is 0 Å². The minimum atomic E-state index is 0.0483. The average Bonchev–Trinajstić information content (AvgIpc) is 3.12. The van der Waals surface area contributed by atoms with Crippen LogP contribution in [0.1, 0.15) is 83.1 Å². The van der Waals surface area contributed by atoms with Crippen molar-refractivity contribution in [3.63, 3.8) is 0 Å². The summed E-state index contributed by atoms with van der Waals surface area (Å²) in [5, 5.41) is 4.85. The number of halogens is 1. The molecular weight excluding hydrogens is 332 g/mol. The summed E-state index contributed by atoms with van der Waals surface area (Å²) in [6, 6.07) is 3.65. The summed E-state index contributed by atoms with van der Waals surface area (Å²) in [5.41, 5.74) is 1.14. The molecule has 3 heterocycles. The molecule has 1 aromatic rings. The van der Waals surface area contributed by atoms with Gasteiger partial charge in [-0.1, -0.05) is 25.9 Å². The van der Waals surface area contributed by atoms with Crippen molar-refractivity contribution >= 4 is 11.6 Å². The fraction of sp³-hybridized carbons (Fsp3) is 0.857. The highest BCUT2D eigenvalue weighted by Crippen LogP contribution is 2.52. The zero-order valence-corrected chi connectivity index (χ0v) is 16.9. The van der Waals surface area contributed by atoms with Gasteiger partial charge in [-0.2, -0.15) is 0 Å². The summed E-state index contributed by atoms with van der Waals surface area (Å²) in [5.74, 6) is 3.18. The Hall–Kier alpha value is -0.540. The third kappa shape index (κ3) is 3.27. The van der Waals surface area contributed by atoms with Gasteiger partial charge < -0.3 is 4.52 Å². The van der Waals surface area contributed by atoms with Gasteiger partial charge in [0.25, 0.3) is 0 Å². The van der Waals surface area contributed by atoms with Crippen LogP contribution in [0.15, 0.2) is 10.6 Å². The van der Waals surface area contributed by atoms with E-state index in [9.17, 15) is 0 Å². The van der Waals surface area contributed by atoms with Crippen LogP contribution in [0.3, 0.4) is 0 Å². The van der Waals surface area contributed by atoms with Crippen molar-refractivity contribution in [2.45, 2.75) is 94.5 Å². The molecule has 1 aliphatic carbocycles. The molecule has 4 rings (SSSR count). The Morgan fingerprint density at radius 3 is 2.48 bits per heavy atom. The third-order valence-electron chi connectivity index (χ3n) is 7.25. The number of aromatic nitrogens is 1. The lowest BCUT2D eigenvalue weighted by Gasteiger charge is -2.46. The minimum absolute atomic E-state index is 0.0483. The lowest BCUT2D eigenvalue weighted by atomic mass is 9.67. The second-order valence-electron chi connectivity index (χ2n) is 9.77. The fourth-order valence-electron chi connectivity index (χ4n) is 5.70. The van der Waals surface area contributed by atoms with E-state index in [4.69, 9.17) is 16.1 Å². The van der Waals surface area contributed by atoms with Gasteiger partial charge in [0, 0.05) is 34.9 Å². The third-order valence-corrected chi connectivity index (χ3v) is 7.68. The molecule has 2 aliphatic heterocycles. The van der Waals surface area contributed by atoms with E-state index in [0.29, 0.717) is 17.3 Å². The Labute approximate surface area is 157 Å². The van der Waals surface area contributed by atoms with Crippen LogP contribution in [0.25, 0.3) is 0 Å². The van der Waals surface area contributed by atoms with Gasteiger partial charge in [-0.05, 0) is 63.8 Å². The highest BCUT2D eigenvalue weighted by atomic mass is 35.5. The summed E-state index contributed by atoms with van der Waals surface area (Å²) >= 11 is 6.38. The molecule has 1 unspecified atom stereocenters. The molecule has 0 radical (unpaired) electrons. The van der Waals surface area contributed by atoms with Gasteiger partial charge in [0.15, 0.2) is 0 Å². The van der Waals surface area contributed by atoms with E-state index in [-0.39, 0.29) is 5.41 Å². The molecule has 0 spiro atoms. The molecule has 2 saturated heterocycles. The number of piperidine rings is 1. The lowest BCUT2D eigenvalue weighted by molar-refractivity contribution is 0.0519. The molecule has 1 saturated carbocycles. The zero-order valence-electron chi connectivity index (χ0n) is 16.2. The van der Waals surface area contributed by atoms with Gasteiger partial charge in [0.2, 0.25) is 0 Å². The quantitative estimate of drug-likeness (QED) is 0.663. The van der Waals surface area contributed by atoms with E-state index < -0.39 is 0 Å². The smallest absolute Gasteiger partial charge is 0.141 e. The van der Waals surface area contributed by atoms with Crippen LogP contribution in [0, 0.1) is 11.8 Å². The minimum Gasteiger partial charge on any atom is -0.361 e. The van der Waals surface area contributed by atoms with Gasteiger partial charge in [-0.25, -0.2) is 0 Å². The topological polar surface area (TPSA) is 29.3 Å². The Morgan fingerprint density at radius 2 is 1.84 bits per heavy atom. The maximum atomic E-state index is 6.38. The van der Waals surface area contributed by atoms with Crippen LogP contribution in [0.4, 0.5) is 0 Å². The monoisotopic (exact) mass is 364 g/mol.